The van der Waals surface area contributed by atoms with Crippen molar-refractivity contribution in [3.63, 3.8) is 0 Å². The molecular formula is C15H30N2. The van der Waals surface area contributed by atoms with Crippen molar-refractivity contribution < 1.29 is 0 Å². The van der Waals surface area contributed by atoms with Gasteiger partial charge in [0, 0.05) is 19.1 Å². The molecule has 100 valence electrons. The van der Waals surface area contributed by atoms with E-state index in [-0.39, 0.29) is 0 Å². The van der Waals surface area contributed by atoms with Crippen LogP contribution in [0.25, 0.3) is 0 Å². The molecule has 2 heteroatoms. The van der Waals surface area contributed by atoms with Crippen LogP contribution in [-0.2, 0) is 0 Å². The summed E-state index contributed by atoms with van der Waals surface area (Å²) in [5.41, 5.74) is 6.42. The maximum atomic E-state index is 6.42. The second-order valence-corrected chi connectivity index (χ2v) is 6.21. The number of nitrogens with zero attached hydrogens (tertiary/aromatic N) is 1. The first-order chi connectivity index (χ1) is 8.29. The molecule has 0 radical (unpaired) electrons. The van der Waals surface area contributed by atoms with Crippen molar-refractivity contribution >= 4 is 0 Å². The van der Waals surface area contributed by atoms with E-state index in [1.165, 1.54) is 64.5 Å². The van der Waals surface area contributed by atoms with Gasteiger partial charge in [0.25, 0.3) is 0 Å². The summed E-state index contributed by atoms with van der Waals surface area (Å²) in [5.74, 6) is 1.78. The van der Waals surface area contributed by atoms with Gasteiger partial charge in [-0.05, 0) is 44.1 Å². The summed E-state index contributed by atoms with van der Waals surface area (Å²) < 4.78 is 0. The van der Waals surface area contributed by atoms with Gasteiger partial charge in [-0.2, -0.15) is 0 Å². The van der Waals surface area contributed by atoms with Gasteiger partial charge in [-0.15, -0.1) is 0 Å². The average Bonchev–Trinajstić information content (AvgIpc) is 2.33. The highest BCUT2D eigenvalue weighted by Gasteiger charge is 2.24. The number of hydrogen-bond acceptors (Lipinski definition) is 2. The maximum Gasteiger partial charge on any atom is 0.0196 e. The third-order valence-electron chi connectivity index (χ3n) is 4.91. The Labute approximate surface area is 107 Å². The molecule has 0 aliphatic heterocycles. The summed E-state index contributed by atoms with van der Waals surface area (Å²) in [6.45, 7) is 5.90. The van der Waals surface area contributed by atoms with Crippen LogP contribution in [0, 0.1) is 11.8 Å². The molecule has 1 unspecified atom stereocenters. The van der Waals surface area contributed by atoms with Crippen molar-refractivity contribution in [1.82, 2.24) is 4.90 Å². The Bertz CT molecular complexity index is 207. The molecule has 2 nitrogen and oxygen atoms in total. The zero-order chi connectivity index (χ0) is 12.1. The van der Waals surface area contributed by atoms with Gasteiger partial charge < -0.3 is 10.6 Å². The fraction of sp³-hybridized carbons (Fsp3) is 1.00. The maximum absolute atomic E-state index is 6.42. The van der Waals surface area contributed by atoms with Crippen molar-refractivity contribution in [2.75, 3.05) is 19.6 Å². The highest BCUT2D eigenvalue weighted by molar-refractivity contribution is 4.81. The van der Waals surface area contributed by atoms with E-state index in [1.807, 2.05) is 0 Å². The Morgan fingerprint density at radius 1 is 1.06 bits per heavy atom. The summed E-state index contributed by atoms with van der Waals surface area (Å²) in [4.78, 5) is 2.60. The van der Waals surface area contributed by atoms with Gasteiger partial charge in [0.1, 0.15) is 0 Å². The molecule has 0 bridgehead atoms. The Morgan fingerprint density at radius 3 is 2.29 bits per heavy atom. The SMILES string of the molecule is CCN(CC1CCC1)CC(N)C1CCCCC1. The van der Waals surface area contributed by atoms with Gasteiger partial charge in [-0.1, -0.05) is 32.6 Å². The van der Waals surface area contributed by atoms with Crippen LogP contribution < -0.4 is 5.73 Å². The third-order valence-corrected chi connectivity index (χ3v) is 4.91. The second-order valence-electron chi connectivity index (χ2n) is 6.21. The van der Waals surface area contributed by atoms with Crippen LogP contribution in [0.15, 0.2) is 0 Å². The molecule has 2 fully saturated rings. The molecule has 2 N–H and O–H groups in total. The highest BCUT2D eigenvalue weighted by atomic mass is 15.1. The van der Waals surface area contributed by atoms with Gasteiger partial charge in [-0.3, -0.25) is 0 Å². The summed E-state index contributed by atoms with van der Waals surface area (Å²) >= 11 is 0. The summed E-state index contributed by atoms with van der Waals surface area (Å²) in [6, 6.07) is 0.426. The fourth-order valence-corrected chi connectivity index (χ4v) is 3.38. The van der Waals surface area contributed by atoms with Crippen LogP contribution in [0.2, 0.25) is 0 Å². The number of likely N-dealkylation sites (N-methyl/N-ethyl adjacent to an activating group) is 1. The van der Waals surface area contributed by atoms with Crippen LogP contribution in [0.5, 0.6) is 0 Å². The van der Waals surface area contributed by atoms with Crippen LogP contribution in [0.3, 0.4) is 0 Å². The minimum atomic E-state index is 0.426. The van der Waals surface area contributed by atoms with Gasteiger partial charge >= 0.3 is 0 Å². The van der Waals surface area contributed by atoms with E-state index in [0.717, 1.165) is 18.4 Å². The van der Waals surface area contributed by atoms with Crippen LogP contribution in [-0.4, -0.2) is 30.6 Å². The largest absolute Gasteiger partial charge is 0.326 e. The standard InChI is InChI=1S/C15H30N2/c1-2-17(11-13-7-6-8-13)12-15(16)14-9-4-3-5-10-14/h13-15H,2-12,16H2,1H3. The number of hydrogen-bond donors (Lipinski definition) is 1. The first kappa shape index (κ1) is 13.4. The lowest BCUT2D eigenvalue weighted by atomic mass is 9.83. The van der Waals surface area contributed by atoms with Crippen LogP contribution in [0.1, 0.15) is 58.3 Å². The van der Waals surface area contributed by atoms with E-state index in [1.54, 1.807) is 0 Å². The van der Waals surface area contributed by atoms with Crippen LogP contribution >= 0.6 is 0 Å². The molecule has 0 saturated heterocycles. The minimum Gasteiger partial charge on any atom is -0.326 e. The first-order valence-electron chi connectivity index (χ1n) is 7.77. The predicted molar refractivity (Wildman–Crippen MR) is 74.0 cm³/mol. The Kier molecular flexibility index (Phi) is 5.30. The molecule has 1 atom stereocenters. The average molecular weight is 238 g/mol. The van der Waals surface area contributed by atoms with Gasteiger partial charge in [-0.25, -0.2) is 0 Å². The molecule has 0 amide bonds. The van der Waals surface area contributed by atoms with E-state index in [4.69, 9.17) is 5.73 Å². The van der Waals surface area contributed by atoms with Gasteiger partial charge in [0.15, 0.2) is 0 Å². The van der Waals surface area contributed by atoms with Crippen molar-refractivity contribution in [1.29, 1.82) is 0 Å². The fourth-order valence-electron chi connectivity index (χ4n) is 3.38. The lowest BCUT2D eigenvalue weighted by molar-refractivity contribution is 0.157. The smallest absolute Gasteiger partial charge is 0.0196 e. The van der Waals surface area contributed by atoms with Crippen molar-refractivity contribution in [2.24, 2.45) is 17.6 Å². The topological polar surface area (TPSA) is 29.3 Å². The van der Waals surface area contributed by atoms with E-state index in [2.05, 4.69) is 11.8 Å². The predicted octanol–water partition coefficient (Wildman–Crippen LogP) is 3.02. The van der Waals surface area contributed by atoms with Crippen LogP contribution in [0.4, 0.5) is 0 Å². The lowest BCUT2D eigenvalue weighted by Gasteiger charge is -2.35. The molecule has 0 heterocycles. The zero-order valence-corrected chi connectivity index (χ0v) is 11.5. The van der Waals surface area contributed by atoms with E-state index < -0.39 is 0 Å². The summed E-state index contributed by atoms with van der Waals surface area (Å²) in [6.07, 6.45) is 11.4. The van der Waals surface area contributed by atoms with Gasteiger partial charge in [0.2, 0.25) is 0 Å². The van der Waals surface area contributed by atoms with Crippen molar-refractivity contribution in [3.05, 3.63) is 0 Å². The lowest BCUT2D eigenvalue weighted by Crippen LogP contribution is -2.45. The molecule has 2 rings (SSSR count). The molecule has 0 aromatic heterocycles. The summed E-state index contributed by atoms with van der Waals surface area (Å²) in [5, 5.41) is 0. The van der Waals surface area contributed by atoms with Gasteiger partial charge in [0.05, 0.1) is 0 Å². The minimum absolute atomic E-state index is 0.426. The number of rotatable bonds is 6. The van der Waals surface area contributed by atoms with E-state index >= 15 is 0 Å². The molecule has 17 heavy (non-hydrogen) atoms. The highest BCUT2D eigenvalue weighted by Crippen LogP contribution is 2.28. The number of nitrogens with two attached hydrogens (primary N) is 1. The van der Waals surface area contributed by atoms with Crippen molar-refractivity contribution in [2.45, 2.75) is 64.3 Å². The monoisotopic (exact) mass is 238 g/mol. The Hall–Kier alpha value is -0.0800. The van der Waals surface area contributed by atoms with Crippen molar-refractivity contribution in [3.8, 4) is 0 Å². The normalized spacial score (nSPS) is 24.9. The molecule has 0 aromatic rings. The third kappa shape index (κ3) is 3.96. The molecule has 0 aromatic carbocycles. The molecule has 0 spiro atoms. The van der Waals surface area contributed by atoms with E-state index in [9.17, 15) is 0 Å². The molecule has 2 saturated carbocycles. The second kappa shape index (κ2) is 6.75. The Morgan fingerprint density at radius 2 is 1.76 bits per heavy atom. The zero-order valence-electron chi connectivity index (χ0n) is 11.5. The first-order valence-corrected chi connectivity index (χ1v) is 7.77. The van der Waals surface area contributed by atoms with E-state index in [0.29, 0.717) is 6.04 Å². The summed E-state index contributed by atoms with van der Waals surface area (Å²) in [7, 11) is 0. The molecule has 2 aliphatic carbocycles. The molecule has 2 aliphatic rings. The quantitative estimate of drug-likeness (QED) is 0.771. The molecular weight excluding hydrogens is 208 g/mol. The Balaban J connectivity index is 1.71.